The van der Waals surface area contributed by atoms with E-state index < -0.39 is 0 Å². The third-order valence-corrected chi connectivity index (χ3v) is 2.94. The number of alkyl halides is 1. The van der Waals surface area contributed by atoms with Gasteiger partial charge in [-0.05, 0) is 12.1 Å². The number of hydrogen-bond acceptors (Lipinski definition) is 3. The molecule has 0 amide bonds. The van der Waals surface area contributed by atoms with E-state index in [1.807, 2.05) is 30.3 Å². The molecule has 2 aromatic rings. The molecule has 3 nitrogen and oxygen atoms in total. The summed E-state index contributed by atoms with van der Waals surface area (Å²) < 4.78 is 5.12. The van der Waals surface area contributed by atoms with Crippen LogP contribution in [0.2, 0.25) is 0 Å². The molecule has 1 aromatic heterocycles. The van der Waals surface area contributed by atoms with E-state index in [1.54, 1.807) is 13.3 Å². The monoisotopic (exact) mass is 250 g/mol. The lowest BCUT2D eigenvalue weighted by molar-refractivity contribution is 0.191. The molecular weight excluding hydrogens is 236 g/mol. The molecule has 0 radical (unpaired) electrons. The van der Waals surface area contributed by atoms with Crippen LogP contribution in [0.15, 0.2) is 36.5 Å². The predicted molar refractivity (Wildman–Crippen MR) is 71.7 cm³/mol. The second-order valence-corrected chi connectivity index (χ2v) is 4.14. The molecule has 1 N–H and O–H groups in total. The van der Waals surface area contributed by atoms with Crippen molar-refractivity contribution < 1.29 is 4.74 Å². The minimum absolute atomic E-state index is 0.104. The van der Waals surface area contributed by atoms with Crippen molar-refractivity contribution in [3.05, 3.63) is 36.5 Å². The standard InChI is InChI=1S/C13H15ClN2O/c1-17-9-10(8-14)16-13-6-7-15-12-5-3-2-4-11(12)13/h2-7,10H,8-9H2,1H3,(H,15,16). The quantitative estimate of drug-likeness (QED) is 0.829. The van der Waals surface area contributed by atoms with Crippen molar-refractivity contribution in [3.8, 4) is 0 Å². The Bertz CT molecular complexity index is 484. The number of methoxy groups -OCH3 is 1. The van der Waals surface area contributed by atoms with E-state index >= 15 is 0 Å². The highest BCUT2D eigenvalue weighted by Gasteiger charge is 2.08. The van der Waals surface area contributed by atoms with Crippen LogP contribution in [0.25, 0.3) is 10.9 Å². The highest BCUT2D eigenvalue weighted by atomic mass is 35.5. The molecule has 17 heavy (non-hydrogen) atoms. The summed E-state index contributed by atoms with van der Waals surface area (Å²) in [6.45, 7) is 0.583. The zero-order chi connectivity index (χ0) is 12.1. The first-order chi connectivity index (χ1) is 8.35. The number of halogens is 1. The van der Waals surface area contributed by atoms with Crippen molar-refractivity contribution in [2.45, 2.75) is 6.04 Å². The number of pyridine rings is 1. The van der Waals surface area contributed by atoms with Crippen LogP contribution >= 0.6 is 11.6 Å². The van der Waals surface area contributed by atoms with E-state index in [4.69, 9.17) is 16.3 Å². The first kappa shape index (κ1) is 12.1. The Morgan fingerprint density at radius 2 is 2.18 bits per heavy atom. The Hall–Kier alpha value is -1.32. The molecule has 4 heteroatoms. The summed E-state index contributed by atoms with van der Waals surface area (Å²) in [4.78, 5) is 4.32. The maximum atomic E-state index is 5.89. The minimum Gasteiger partial charge on any atom is -0.383 e. The first-order valence-electron chi connectivity index (χ1n) is 5.50. The van der Waals surface area contributed by atoms with Crippen molar-refractivity contribution in [2.75, 3.05) is 24.9 Å². The van der Waals surface area contributed by atoms with Crippen LogP contribution in [0.5, 0.6) is 0 Å². The number of rotatable bonds is 5. The number of aromatic nitrogens is 1. The van der Waals surface area contributed by atoms with Crippen LogP contribution in [-0.2, 0) is 4.74 Å². The van der Waals surface area contributed by atoms with Gasteiger partial charge in [0.05, 0.1) is 18.2 Å². The van der Waals surface area contributed by atoms with Gasteiger partial charge in [-0.15, -0.1) is 11.6 Å². The second-order valence-electron chi connectivity index (χ2n) is 3.83. The Morgan fingerprint density at radius 3 is 2.94 bits per heavy atom. The summed E-state index contributed by atoms with van der Waals surface area (Å²) in [6, 6.07) is 10.1. The second kappa shape index (κ2) is 5.84. The fourth-order valence-corrected chi connectivity index (χ4v) is 1.93. The van der Waals surface area contributed by atoms with Gasteiger partial charge in [0, 0.05) is 30.3 Å². The van der Waals surface area contributed by atoms with E-state index in [1.165, 1.54) is 0 Å². The average Bonchev–Trinajstić information content (AvgIpc) is 2.38. The fourth-order valence-electron chi connectivity index (χ4n) is 1.77. The molecule has 0 spiro atoms. The lowest BCUT2D eigenvalue weighted by Gasteiger charge is -2.17. The molecule has 0 fully saturated rings. The molecule has 0 aliphatic heterocycles. The van der Waals surface area contributed by atoms with E-state index in [9.17, 15) is 0 Å². The van der Waals surface area contributed by atoms with Gasteiger partial charge in [-0.25, -0.2) is 0 Å². The highest BCUT2D eigenvalue weighted by Crippen LogP contribution is 2.21. The number of anilines is 1. The van der Waals surface area contributed by atoms with Crippen LogP contribution in [-0.4, -0.2) is 30.6 Å². The first-order valence-corrected chi connectivity index (χ1v) is 6.04. The summed E-state index contributed by atoms with van der Waals surface area (Å²) in [7, 11) is 1.67. The summed E-state index contributed by atoms with van der Waals surface area (Å²) in [5.74, 6) is 0.504. The SMILES string of the molecule is COCC(CCl)Nc1ccnc2ccccc12. The van der Waals surface area contributed by atoms with E-state index in [2.05, 4.69) is 10.3 Å². The third kappa shape index (κ3) is 2.87. The Balaban J connectivity index is 2.28. The molecule has 1 aromatic carbocycles. The zero-order valence-electron chi connectivity index (χ0n) is 9.69. The fraction of sp³-hybridized carbons (Fsp3) is 0.308. The van der Waals surface area contributed by atoms with Crippen LogP contribution < -0.4 is 5.32 Å². The van der Waals surface area contributed by atoms with Gasteiger partial charge < -0.3 is 10.1 Å². The lowest BCUT2D eigenvalue weighted by atomic mass is 10.2. The molecule has 0 bridgehead atoms. The largest absolute Gasteiger partial charge is 0.383 e. The van der Waals surface area contributed by atoms with Crippen LogP contribution in [0.1, 0.15) is 0 Å². The molecule has 1 heterocycles. The van der Waals surface area contributed by atoms with Gasteiger partial charge in [0.2, 0.25) is 0 Å². The molecule has 0 aliphatic carbocycles. The molecule has 1 unspecified atom stereocenters. The number of ether oxygens (including phenoxy) is 1. The predicted octanol–water partition coefficient (Wildman–Crippen LogP) is 2.90. The maximum Gasteiger partial charge on any atom is 0.0722 e. The highest BCUT2D eigenvalue weighted by molar-refractivity contribution is 6.18. The topological polar surface area (TPSA) is 34.1 Å². The third-order valence-electron chi connectivity index (χ3n) is 2.56. The summed E-state index contributed by atoms with van der Waals surface area (Å²) in [5.41, 5.74) is 2.02. The number of fused-ring (bicyclic) bond motifs is 1. The maximum absolute atomic E-state index is 5.89. The molecule has 2 rings (SSSR count). The molecule has 0 aliphatic rings. The number of para-hydroxylation sites is 1. The molecule has 0 saturated heterocycles. The van der Waals surface area contributed by atoms with Crippen molar-refractivity contribution in [2.24, 2.45) is 0 Å². The van der Waals surface area contributed by atoms with E-state index in [0.717, 1.165) is 16.6 Å². The Morgan fingerprint density at radius 1 is 1.35 bits per heavy atom. The van der Waals surface area contributed by atoms with Gasteiger partial charge in [0.15, 0.2) is 0 Å². The number of nitrogens with zero attached hydrogens (tertiary/aromatic N) is 1. The molecular formula is C13H15ClN2O. The average molecular weight is 251 g/mol. The van der Waals surface area contributed by atoms with Crippen LogP contribution in [0.4, 0.5) is 5.69 Å². The number of hydrogen-bond donors (Lipinski definition) is 1. The van der Waals surface area contributed by atoms with Crippen molar-refractivity contribution >= 4 is 28.2 Å². The Kier molecular flexibility index (Phi) is 4.18. The molecule has 1 atom stereocenters. The van der Waals surface area contributed by atoms with Crippen molar-refractivity contribution in [1.29, 1.82) is 0 Å². The summed E-state index contributed by atoms with van der Waals surface area (Å²) in [5, 5.41) is 4.47. The lowest BCUT2D eigenvalue weighted by Crippen LogP contribution is -2.26. The van der Waals surface area contributed by atoms with E-state index in [-0.39, 0.29) is 6.04 Å². The number of nitrogens with one attached hydrogen (secondary N) is 1. The van der Waals surface area contributed by atoms with Gasteiger partial charge in [-0.1, -0.05) is 18.2 Å². The summed E-state index contributed by atoms with van der Waals surface area (Å²) >= 11 is 5.89. The minimum atomic E-state index is 0.104. The normalized spacial score (nSPS) is 12.6. The molecule has 0 saturated carbocycles. The van der Waals surface area contributed by atoms with E-state index in [0.29, 0.717) is 12.5 Å². The van der Waals surface area contributed by atoms with Gasteiger partial charge >= 0.3 is 0 Å². The van der Waals surface area contributed by atoms with Gasteiger partial charge in [0.25, 0.3) is 0 Å². The number of benzene rings is 1. The van der Waals surface area contributed by atoms with Crippen molar-refractivity contribution in [1.82, 2.24) is 4.98 Å². The summed E-state index contributed by atoms with van der Waals surface area (Å²) in [6.07, 6.45) is 1.79. The van der Waals surface area contributed by atoms with Crippen LogP contribution in [0.3, 0.4) is 0 Å². The zero-order valence-corrected chi connectivity index (χ0v) is 10.4. The van der Waals surface area contributed by atoms with Gasteiger partial charge in [0.1, 0.15) is 0 Å². The molecule has 90 valence electrons. The Labute approximate surface area is 106 Å². The van der Waals surface area contributed by atoms with Gasteiger partial charge in [-0.2, -0.15) is 0 Å². The smallest absolute Gasteiger partial charge is 0.0722 e. The van der Waals surface area contributed by atoms with Crippen molar-refractivity contribution in [3.63, 3.8) is 0 Å². The van der Waals surface area contributed by atoms with Gasteiger partial charge in [-0.3, -0.25) is 4.98 Å². The van der Waals surface area contributed by atoms with Crippen LogP contribution in [0, 0.1) is 0 Å².